The van der Waals surface area contributed by atoms with E-state index in [0.717, 1.165) is 19.3 Å². The van der Waals surface area contributed by atoms with Crippen molar-refractivity contribution in [3.05, 3.63) is 0 Å². The van der Waals surface area contributed by atoms with Crippen molar-refractivity contribution in [3.63, 3.8) is 0 Å². The van der Waals surface area contributed by atoms with E-state index >= 15 is 0 Å². The first kappa shape index (κ1) is 11.5. The molecule has 1 rings (SSSR count). The molecule has 1 aliphatic carbocycles. The van der Waals surface area contributed by atoms with Gasteiger partial charge in [0.1, 0.15) is 0 Å². The Hall–Kier alpha value is -0.570. The van der Waals surface area contributed by atoms with E-state index in [-0.39, 0.29) is 23.4 Å². The first-order valence-electron chi connectivity index (χ1n) is 5.58. The maximum Gasteiger partial charge on any atom is 0.224 e. The minimum atomic E-state index is -0.0842. The molecule has 14 heavy (non-hydrogen) atoms. The molecule has 1 amide bonds. The monoisotopic (exact) mass is 198 g/mol. The van der Waals surface area contributed by atoms with E-state index in [2.05, 4.69) is 12.2 Å². The number of nitrogens with two attached hydrogens (primary N) is 1. The zero-order chi connectivity index (χ0) is 10.8. The van der Waals surface area contributed by atoms with Crippen LogP contribution in [0.15, 0.2) is 0 Å². The summed E-state index contributed by atoms with van der Waals surface area (Å²) in [5.41, 5.74) is 5.79. The molecule has 3 heteroatoms. The Bertz CT molecular complexity index is 204. The third-order valence-electron chi connectivity index (χ3n) is 3.58. The van der Waals surface area contributed by atoms with E-state index in [1.165, 1.54) is 6.42 Å². The van der Waals surface area contributed by atoms with Crippen molar-refractivity contribution < 1.29 is 4.79 Å². The van der Waals surface area contributed by atoms with Crippen LogP contribution in [-0.4, -0.2) is 17.5 Å². The van der Waals surface area contributed by atoms with E-state index in [4.69, 9.17) is 5.73 Å². The maximum atomic E-state index is 11.8. The van der Waals surface area contributed by atoms with Crippen LogP contribution in [0.4, 0.5) is 0 Å². The van der Waals surface area contributed by atoms with Crippen molar-refractivity contribution in [2.24, 2.45) is 11.7 Å². The number of carbonyl (C=O) groups excluding carboxylic acids is 1. The average Bonchev–Trinajstić information content (AvgIpc) is 2.09. The zero-order valence-electron chi connectivity index (χ0n) is 9.47. The van der Waals surface area contributed by atoms with E-state index < -0.39 is 0 Å². The van der Waals surface area contributed by atoms with Gasteiger partial charge in [-0.1, -0.05) is 13.8 Å². The van der Waals surface area contributed by atoms with Crippen LogP contribution in [0, 0.1) is 5.92 Å². The quantitative estimate of drug-likeness (QED) is 0.717. The fraction of sp³-hybridized carbons (Fsp3) is 0.909. The van der Waals surface area contributed by atoms with Gasteiger partial charge >= 0.3 is 0 Å². The highest BCUT2D eigenvalue weighted by atomic mass is 16.2. The van der Waals surface area contributed by atoms with Crippen molar-refractivity contribution >= 4 is 5.91 Å². The molecule has 1 saturated carbocycles. The van der Waals surface area contributed by atoms with Crippen molar-refractivity contribution in [1.29, 1.82) is 0 Å². The van der Waals surface area contributed by atoms with Crippen LogP contribution in [0.2, 0.25) is 0 Å². The second kappa shape index (κ2) is 4.30. The molecular weight excluding hydrogens is 176 g/mol. The van der Waals surface area contributed by atoms with Gasteiger partial charge in [0.05, 0.1) is 0 Å². The van der Waals surface area contributed by atoms with Gasteiger partial charge in [-0.3, -0.25) is 4.79 Å². The lowest BCUT2D eigenvalue weighted by atomic mass is 9.74. The molecule has 3 nitrogen and oxygen atoms in total. The Labute approximate surface area is 86.4 Å². The molecule has 0 saturated heterocycles. The Morgan fingerprint density at radius 3 is 2.36 bits per heavy atom. The number of nitrogens with one attached hydrogen (secondary N) is 1. The van der Waals surface area contributed by atoms with Crippen LogP contribution >= 0.6 is 0 Å². The summed E-state index contributed by atoms with van der Waals surface area (Å²) in [6.07, 6.45) is 4.52. The Morgan fingerprint density at radius 2 is 2.07 bits per heavy atom. The van der Waals surface area contributed by atoms with E-state index in [9.17, 15) is 4.79 Å². The maximum absolute atomic E-state index is 11.8. The lowest BCUT2D eigenvalue weighted by Crippen LogP contribution is -2.55. The van der Waals surface area contributed by atoms with Crippen LogP contribution in [0.3, 0.4) is 0 Å². The molecule has 2 atom stereocenters. The normalized spacial score (nSPS) is 23.4. The van der Waals surface area contributed by atoms with Gasteiger partial charge in [-0.05, 0) is 32.6 Å². The standard InChI is InChI=1S/C11H22N2O/c1-4-11(6-5-7-11)13-10(14)8(2)9(3)12/h8-9H,4-7,12H2,1-3H3,(H,13,14). The van der Waals surface area contributed by atoms with Crippen molar-refractivity contribution in [3.8, 4) is 0 Å². The highest BCUT2D eigenvalue weighted by Crippen LogP contribution is 2.34. The van der Waals surface area contributed by atoms with Gasteiger partial charge in [0.2, 0.25) is 5.91 Å². The summed E-state index contributed by atoms with van der Waals surface area (Å²) in [7, 11) is 0. The Morgan fingerprint density at radius 1 is 1.50 bits per heavy atom. The summed E-state index contributed by atoms with van der Waals surface area (Å²) in [6, 6.07) is -0.0658. The number of rotatable bonds is 4. The summed E-state index contributed by atoms with van der Waals surface area (Å²) >= 11 is 0. The molecule has 0 aromatic heterocycles. The van der Waals surface area contributed by atoms with Gasteiger partial charge in [0.15, 0.2) is 0 Å². The smallest absolute Gasteiger partial charge is 0.224 e. The highest BCUT2D eigenvalue weighted by Gasteiger charge is 2.37. The topological polar surface area (TPSA) is 55.1 Å². The summed E-state index contributed by atoms with van der Waals surface area (Å²) in [6.45, 7) is 5.90. The third kappa shape index (κ3) is 2.27. The molecule has 1 aliphatic rings. The van der Waals surface area contributed by atoms with Crippen LogP contribution < -0.4 is 11.1 Å². The van der Waals surface area contributed by atoms with Crippen molar-refractivity contribution in [2.75, 3.05) is 0 Å². The summed E-state index contributed by atoms with van der Waals surface area (Å²) in [5.74, 6) is 0.0283. The molecule has 0 heterocycles. The number of hydrogen-bond acceptors (Lipinski definition) is 2. The van der Waals surface area contributed by atoms with Gasteiger partial charge in [0, 0.05) is 17.5 Å². The molecule has 2 unspecified atom stereocenters. The molecule has 0 spiro atoms. The molecule has 0 radical (unpaired) electrons. The fourth-order valence-electron chi connectivity index (χ4n) is 1.78. The SMILES string of the molecule is CCC1(NC(=O)C(C)C(C)N)CCC1. The van der Waals surface area contributed by atoms with E-state index in [1.54, 1.807) is 0 Å². The molecule has 0 aliphatic heterocycles. The second-order valence-electron chi connectivity index (χ2n) is 4.62. The van der Waals surface area contributed by atoms with Crippen molar-refractivity contribution in [2.45, 2.75) is 58.0 Å². The number of carbonyl (C=O) groups is 1. The lowest BCUT2D eigenvalue weighted by Gasteiger charge is -2.42. The fourth-order valence-corrected chi connectivity index (χ4v) is 1.78. The van der Waals surface area contributed by atoms with E-state index in [1.807, 2.05) is 13.8 Å². The predicted octanol–water partition coefficient (Wildman–Crippen LogP) is 1.42. The number of hydrogen-bond donors (Lipinski definition) is 2. The van der Waals surface area contributed by atoms with Gasteiger partial charge < -0.3 is 11.1 Å². The summed E-state index contributed by atoms with van der Waals surface area (Å²) < 4.78 is 0. The molecule has 3 N–H and O–H groups in total. The summed E-state index contributed by atoms with van der Waals surface area (Å²) in [4.78, 5) is 11.8. The van der Waals surface area contributed by atoms with Gasteiger partial charge in [-0.15, -0.1) is 0 Å². The van der Waals surface area contributed by atoms with Crippen LogP contribution in [0.5, 0.6) is 0 Å². The largest absolute Gasteiger partial charge is 0.350 e. The zero-order valence-corrected chi connectivity index (χ0v) is 9.47. The first-order chi connectivity index (χ1) is 6.51. The van der Waals surface area contributed by atoms with E-state index in [0.29, 0.717) is 0 Å². The molecule has 0 bridgehead atoms. The first-order valence-corrected chi connectivity index (χ1v) is 5.58. The molecule has 82 valence electrons. The summed E-state index contributed by atoms with van der Waals surface area (Å²) in [5, 5.41) is 3.14. The predicted molar refractivity (Wildman–Crippen MR) is 57.8 cm³/mol. The molecule has 1 fully saturated rings. The number of amides is 1. The van der Waals surface area contributed by atoms with Crippen molar-refractivity contribution in [1.82, 2.24) is 5.32 Å². The minimum absolute atomic E-state index is 0.0658. The lowest BCUT2D eigenvalue weighted by molar-refractivity contribution is -0.128. The minimum Gasteiger partial charge on any atom is -0.350 e. The van der Waals surface area contributed by atoms with Gasteiger partial charge in [-0.2, -0.15) is 0 Å². The Kier molecular flexibility index (Phi) is 3.53. The van der Waals surface area contributed by atoms with Gasteiger partial charge in [0.25, 0.3) is 0 Å². The van der Waals surface area contributed by atoms with Gasteiger partial charge in [-0.25, -0.2) is 0 Å². The second-order valence-corrected chi connectivity index (χ2v) is 4.62. The average molecular weight is 198 g/mol. The molecule has 0 aromatic carbocycles. The highest BCUT2D eigenvalue weighted by molar-refractivity contribution is 5.79. The van der Waals surface area contributed by atoms with Crippen LogP contribution in [0.1, 0.15) is 46.5 Å². The molecule has 0 aromatic rings. The van der Waals surface area contributed by atoms with Crippen LogP contribution in [0.25, 0.3) is 0 Å². The Balaban J connectivity index is 2.47. The third-order valence-corrected chi connectivity index (χ3v) is 3.58. The van der Waals surface area contributed by atoms with Crippen LogP contribution in [-0.2, 0) is 4.79 Å². The molecular formula is C11H22N2O.